The van der Waals surface area contributed by atoms with Gasteiger partial charge in [0.2, 0.25) is 0 Å². The first kappa shape index (κ1) is 26.6. The summed E-state index contributed by atoms with van der Waals surface area (Å²) in [5.74, 6) is 0. The molecule has 10 heteroatoms. The molecule has 0 atom stereocenters. The summed E-state index contributed by atoms with van der Waals surface area (Å²) in [6.45, 7) is 9.04. The van der Waals surface area contributed by atoms with Gasteiger partial charge in [-0.3, -0.25) is 14.1 Å². The maximum Gasteiger partial charge on any atom is 0.295 e. The standard InChI is InChI=1S/C25H28N2O6S2/c1-5-26-22-11-7-18(13-16(22)3)25(19-8-12-23(27-6-2)17(4)14-19)21-10-9-20(34(28,29)30)15-24(21)35(31,32)33/h7-15,26H,5-6H2,1-4H3,(H,28,29,30)(H,31,32,33)/b25-19-,27-23?. The highest BCUT2D eigenvalue weighted by atomic mass is 32.2. The Bertz CT molecular complexity index is 1500. The minimum atomic E-state index is -4.86. The van der Waals surface area contributed by atoms with Gasteiger partial charge in [-0.1, -0.05) is 18.2 Å². The van der Waals surface area contributed by atoms with Gasteiger partial charge < -0.3 is 5.32 Å². The normalized spacial score (nSPS) is 16.9. The van der Waals surface area contributed by atoms with Gasteiger partial charge in [-0.2, -0.15) is 16.8 Å². The topological polar surface area (TPSA) is 133 Å². The van der Waals surface area contributed by atoms with E-state index in [-0.39, 0.29) is 5.56 Å². The molecule has 0 radical (unpaired) electrons. The van der Waals surface area contributed by atoms with Gasteiger partial charge >= 0.3 is 0 Å². The van der Waals surface area contributed by atoms with Crippen LogP contribution in [0.15, 0.2) is 80.6 Å². The molecule has 3 rings (SSSR count). The molecule has 1 aliphatic rings. The third-order valence-electron chi connectivity index (χ3n) is 5.49. The molecule has 2 aromatic rings. The molecule has 2 aromatic carbocycles. The van der Waals surface area contributed by atoms with E-state index in [1.54, 1.807) is 6.08 Å². The van der Waals surface area contributed by atoms with Gasteiger partial charge in [0.1, 0.15) is 4.90 Å². The van der Waals surface area contributed by atoms with Crippen molar-refractivity contribution in [2.75, 3.05) is 18.4 Å². The maximum absolute atomic E-state index is 12.4. The van der Waals surface area contributed by atoms with E-state index in [9.17, 15) is 25.9 Å². The van der Waals surface area contributed by atoms with Crippen molar-refractivity contribution in [2.24, 2.45) is 4.99 Å². The average Bonchev–Trinajstić information content (AvgIpc) is 2.76. The van der Waals surface area contributed by atoms with Crippen LogP contribution in [-0.2, 0) is 20.2 Å². The molecule has 0 aromatic heterocycles. The van der Waals surface area contributed by atoms with Crippen LogP contribution in [-0.4, -0.2) is 44.7 Å². The number of benzene rings is 2. The van der Waals surface area contributed by atoms with Crippen molar-refractivity contribution in [1.82, 2.24) is 0 Å². The van der Waals surface area contributed by atoms with Crippen molar-refractivity contribution in [1.29, 1.82) is 0 Å². The zero-order valence-corrected chi connectivity index (χ0v) is 21.5. The van der Waals surface area contributed by atoms with E-state index >= 15 is 0 Å². The number of aryl methyl sites for hydroxylation is 1. The van der Waals surface area contributed by atoms with Gasteiger partial charge in [-0.15, -0.1) is 0 Å². The molecule has 0 heterocycles. The summed E-state index contributed by atoms with van der Waals surface area (Å²) in [5, 5.41) is 3.26. The smallest absolute Gasteiger partial charge is 0.295 e. The zero-order chi connectivity index (χ0) is 26.0. The first-order valence-electron chi connectivity index (χ1n) is 11.0. The molecule has 0 amide bonds. The summed E-state index contributed by atoms with van der Waals surface area (Å²) in [4.78, 5) is 3.18. The van der Waals surface area contributed by atoms with Crippen molar-refractivity contribution >= 4 is 37.2 Å². The Morgan fingerprint density at radius 3 is 2.20 bits per heavy atom. The fraction of sp³-hybridized carbons (Fsp3) is 0.240. The largest absolute Gasteiger partial charge is 0.385 e. The van der Waals surface area contributed by atoms with Crippen molar-refractivity contribution in [3.8, 4) is 0 Å². The van der Waals surface area contributed by atoms with Crippen LogP contribution in [0.5, 0.6) is 0 Å². The van der Waals surface area contributed by atoms with Crippen LogP contribution in [0.1, 0.15) is 37.5 Å². The highest BCUT2D eigenvalue weighted by Crippen LogP contribution is 2.36. The Balaban J connectivity index is 2.41. The lowest BCUT2D eigenvalue weighted by atomic mass is 9.88. The first-order valence-corrected chi connectivity index (χ1v) is 13.8. The summed E-state index contributed by atoms with van der Waals surface area (Å²) in [5.41, 5.74) is 5.37. The van der Waals surface area contributed by atoms with Crippen LogP contribution < -0.4 is 5.32 Å². The van der Waals surface area contributed by atoms with Crippen LogP contribution in [0.2, 0.25) is 0 Å². The first-order chi connectivity index (χ1) is 16.4. The summed E-state index contributed by atoms with van der Waals surface area (Å²) in [7, 11) is -9.56. The Labute approximate surface area is 206 Å². The monoisotopic (exact) mass is 516 g/mol. The van der Waals surface area contributed by atoms with Gasteiger partial charge in [0.15, 0.2) is 0 Å². The second-order valence-electron chi connectivity index (χ2n) is 8.02. The minimum Gasteiger partial charge on any atom is -0.385 e. The van der Waals surface area contributed by atoms with E-state index in [1.165, 1.54) is 6.07 Å². The molecule has 0 bridgehead atoms. The van der Waals surface area contributed by atoms with Crippen LogP contribution in [0, 0.1) is 6.92 Å². The number of nitrogens with zero attached hydrogens (tertiary/aromatic N) is 1. The summed E-state index contributed by atoms with van der Waals surface area (Å²) in [6, 6.07) is 8.72. The number of rotatable bonds is 7. The van der Waals surface area contributed by atoms with Crippen molar-refractivity contribution in [3.63, 3.8) is 0 Å². The second-order valence-corrected chi connectivity index (χ2v) is 10.8. The lowest BCUT2D eigenvalue weighted by molar-refractivity contribution is 0.481. The molecule has 186 valence electrons. The fourth-order valence-electron chi connectivity index (χ4n) is 3.93. The van der Waals surface area contributed by atoms with Gasteiger partial charge in [-0.25, -0.2) is 0 Å². The average molecular weight is 517 g/mol. The fourth-order valence-corrected chi connectivity index (χ4v) is 5.23. The summed E-state index contributed by atoms with van der Waals surface area (Å²) >= 11 is 0. The lowest BCUT2D eigenvalue weighted by Gasteiger charge is -2.19. The van der Waals surface area contributed by atoms with Crippen molar-refractivity contribution < 1.29 is 25.9 Å². The van der Waals surface area contributed by atoms with E-state index in [4.69, 9.17) is 0 Å². The third-order valence-corrected chi connectivity index (χ3v) is 7.24. The quantitative estimate of drug-likeness (QED) is 0.454. The molecule has 0 saturated heterocycles. The van der Waals surface area contributed by atoms with E-state index in [0.29, 0.717) is 23.3 Å². The van der Waals surface area contributed by atoms with Gasteiger partial charge in [-0.05, 0) is 92.0 Å². The zero-order valence-electron chi connectivity index (χ0n) is 19.9. The Morgan fingerprint density at radius 2 is 1.66 bits per heavy atom. The van der Waals surface area contributed by atoms with Crippen molar-refractivity contribution in [2.45, 2.75) is 37.5 Å². The van der Waals surface area contributed by atoms with Gasteiger partial charge in [0.05, 0.1) is 10.6 Å². The van der Waals surface area contributed by atoms with E-state index in [2.05, 4.69) is 10.3 Å². The molecule has 0 unspecified atom stereocenters. The number of nitrogens with one attached hydrogen (secondary N) is 1. The Hall–Kier alpha value is -3.05. The molecule has 0 saturated carbocycles. The van der Waals surface area contributed by atoms with Gasteiger partial charge in [0, 0.05) is 24.3 Å². The molecule has 35 heavy (non-hydrogen) atoms. The number of hydrogen-bond donors (Lipinski definition) is 3. The number of anilines is 1. The van der Waals surface area contributed by atoms with Gasteiger partial charge in [0.25, 0.3) is 20.2 Å². The van der Waals surface area contributed by atoms with E-state index in [0.717, 1.165) is 41.2 Å². The highest BCUT2D eigenvalue weighted by Gasteiger charge is 2.25. The maximum atomic E-state index is 12.4. The highest BCUT2D eigenvalue weighted by molar-refractivity contribution is 7.86. The van der Waals surface area contributed by atoms with Crippen LogP contribution in [0.25, 0.3) is 5.57 Å². The molecule has 0 aliphatic heterocycles. The molecule has 3 N–H and O–H groups in total. The van der Waals surface area contributed by atoms with E-state index < -0.39 is 30.0 Å². The second kappa shape index (κ2) is 10.3. The Kier molecular flexibility index (Phi) is 7.80. The molecular weight excluding hydrogens is 488 g/mol. The molecule has 0 fully saturated rings. The van der Waals surface area contributed by atoms with Crippen molar-refractivity contribution in [3.05, 3.63) is 82.5 Å². The Morgan fingerprint density at radius 1 is 0.943 bits per heavy atom. The van der Waals surface area contributed by atoms with Crippen LogP contribution >= 0.6 is 0 Å². The predicted molar refractivity (Wildman–Crippen MR) is 138 cm³/mol. The minimum absolute atomic E-state index is 0.0927. The summed E-state index contributed by atoms with van der Waals surface area (Å²) < 4.78 is 67.5. The van der Waals surface area contributed by atoms with E-state index in [1.807, 2.05) is 58.0 Å². The molecule has 8 nitrogen and oxygen atoms in total. The number of hydrogen-bond acceptors (Lipinski definition) is 6. The third kappa shape index (κ3) is 5.96. The summed E-state index contributed by atoms with van der Waals surface area (Å²) in [6.07, 6.45) is 5.49. The van der Waals surface area contributed by atoms with Crippen LogP contribution in [0.3, 0.4) is 0 Å². The molecular formula is C25H28N2O6S2. The van der Waals surface area contributed by atoms with Crippen LogP contribution in [0.4, 0.5) is 5.69 Å². The lowest BCUT2D eigenvalue weighted by Crippen LogP contribution is -2.09. The molecule has 0 spiro atoms. The predicted octanol–water partition coefficient (Wildman–Crippen LogP) is 4.70. The molecule has 1 aliphatic carbocycles. The SMILES string of the molecule is CCN=C1C=C/C(=C(\c2ccc(NCC)c(C)c2)c2ccc(S(=O)(=O)O)cc2S(=O)(=O)O)C=C1C. The number of aliphatic imine (C=N–C) groups is 1. The number of allylic oxidation sites excluding steroid dienone is 5.